The van der Waals surface area contributed by atoms with E-state index in [1.807, 2.05) is 24.3 Å². The van der Waals surface area contributed by atoms with Crippen molar-refractivity contribution < 1.29 is 26.0 Å². The van der Waals surface area contributed by atoms with Gasteiger partial charge in [0.1, 0.15) is 11.5 Å². The van der Waals surface area contributed by atoms with Crippen LogP contribution in [0.4, 0.5) is 9.57 Å². The minimum Gasteiger partial charge on any atom is -0.493 e. The van der Waals surface area contributed by atoms with Crippen molar-refractivity contribution in [3.8, 4) is 11.5 Å². The Morgan fingerprint density at radius 3 is 2.38 bits per heavy atom. The molecule has 0 fully saturated rings. The Morgan fingerprint density at radius 1 is 1.12 bits per heavy atom. The van der Waals surface area contributed by atoms with Gasteiger partial charge in [0.25, 0.3) is 0 Å². The van der Waals surface area contributed by atoms with E-state index in [2.05, 4.69) is 23.3 Å². The van der Waals surface area contributed by atoms with Crippen LogP contribution in [0.25, 0.3) is 0 Å². The predicted molar refractivity (Wildman–Crippen MR) is 96.4 cm³/mol. The first-order valence-corrected chi connectivity index (χ1v) is 9.31. The second-order valence-corrected chi connectivity index (χ2v) is 6.79. The minimum absolute atomic E-state index is 0.142. The van der Waals surface area contributed by atoms with E-state index in [1.165, 1.54) is 24.3 Å². The zero-order valence-corrected chi connectivity index (χ0v) is 15.3. The molecule has 26 heavy (non-hydrogen) atoms. The van der Waals surface area contributed by atoms with Gasteiger partial charge < -0.3 is 14.2 Å². The van der Waals surface area contributed by atoms with E-state index in [1.54, 1.807) is 0 Å². The highest BCUT2D eigenvalue weighted by Gasteiger charge is 2.10. The van der Waals surface area contributed by atoms with Crippen LogP contribution < -0.4 is 14.2 Å². The van der Waals surface area contributed by atoms with Crippen molar-refractivity contribution in [1.29, 1.82) is 0 Å². The van der Waals surface area contributed by atoms with Gasteiger partial charge in [-0.1, -0.05) is 35.9 Å². The van der Waals surface area contributed by atoms with E-state index in [0.29, 0.717) is 11.6 Å². The topological polar surface area (TPSA) is 81.7 Å². The largest absolute Gasteiger partial charge is 0.493 e. The monoisotopic (exact) mass is 381 g/mol. The quantitative estimate of drug-likeness (QED) is 0.703. The molecule has 8 heteroatoms. The number of ether oxygens (including phenoxy) is 1. The van der Waals surface area contributed by atoms with Crippen molar-refractivity contribution in [1.82, 2.24) is 0 Å². The first-order valence-electron chi connectivity index (χ1n) is 8.00. The molecule has 6 nitrogen and oxygen atoms in total. The molecule has 0 heterocycles. The molecule has 0 aromatic heterocycles. The van der Waals surface area contributed by atoms with Gasteiger partial charge in [-0.3, -0.25) is 4.79 Å². The fourth-order valence-corrected chi connectivity index (χ4v) is 2.62. The summed E-state index contributed by atoms with van der Waals surface area (Å²) < 4.78 is 43.0. The molecular weight excluding hydrogens is 361 g/mol. The van der Waals surface area contributed by atoms with Gasteiger partial charge in [0.2, 0.25) is 5.91 Å². The molecule has 0 aliphatic rings. The summed E-state index contributed by atoms with van der Waals surface area (Å²) in [6, 6.07) is 13.0. The second kappa shape index (κ2) is 8.66. The van der Waals surface area contributed by atoms with E-state index in [-0.39, 0.29) is 24.7 Å². The molecule has 0 unspecified atom stereocenters. The normalized spacial score (nSPS) is 11.2. The average molecular weight is 381 g/mol. The molecule has 2 rings (SSSR count). The minimum atomic E-state index is -5.07. The zero-order chi connectivity index (χ0) is 19.2. The maximum Gasteiger partial charge on any atom is 0.488 e. The van der Waals surface area contributed by atoms with Gasteiger partial charge in [0.05, 0.1) is 13.0 Å². The Balaban J connectivity index is 1.84. The van der Waals surface area contributed by atoms with Crippen LogP contribution in [0.5, 0.6) is 11.5 Å². The summed E-state index contributed by atoms with van der Waals surface area (Å²) in [6.07, 6.45) is 0.142. The van der Waals surface area contributed by atoms with Crippen molar-refractivity contribution in [3.05, 3.63) is 54.1 Å². The van der Waals surface area contributed by atoms with Crippen LogP contribution in [-0.4, -0.2) is 20.9 Å². The highest BCUT2D eigenvalue weighted by atomic mass is 32.3. The molecule has 0 atom stereocenters. The van der Waals surface area contributed by atoms with Gasteiger partial charge >= 0.3 is 10.5 Å². The molecule has 0 saturated heterocycles. The highest BCUT2D eigenvalue weighted by Crippen LogP contribution is 2.26. The fourth-order valence-electron chi connectivity index (χ4n) is 2.27. The number of para-hydroxylation sites is 1. The summed E-state index contributed by atoms with van der Waals surface area (Å²) in [5.41, 5.74) is 1.51. The van der Waals surface area contributed by atoms with Crippen LogP contribution >= 0.6 is 0 Å². The number of amides is 1. The Labute approximate surface area is 152 Å². The van der Waals surface area contributed by atoms with Crippen molar-refractivity contribution in [2.75, 3.05) is 11.9 Å². The Morgan fingerprint density at radius 2 is 1.77 bits per heavy atom. The zero-order valence-electron chi connectivity index (χ0n) is 14.4. The van der Waals surface area contributed by atoms with E-state index in [0.717, 1.165) is 11.3 Å². The molecule has 1 amide bonds. The third kappa shape index (κ3) is 6.36. The number of hydrogen-bond donors (Lipinski definition) is 1. The molecule has 140 valence electrons. The summed E-state index contributed by atoms with van der Waals surface area (Å²) in [5, 5.41) is 2.64. The van der Waals surface area contributed by atoms with Crippen LogP contribution in [-0.2, 0) is 15.3 Å². The van der Waals surface area contributed by atoms with Crippen molar-refractivity contribution >= 4 is 22.1 Å². The van der Waals surface area contributed by atoms with Gasteiger partial charge in [-0.15, -0.1) is 0 Å². The molecule has 0 bridgehead atoms. The van der Waals surface area contributed by atoms with Gasteiger partial charge in [-0.25, -0.2) is 0 Å². The van der Waals surface area contributed by atoms with Crippen LogP contribution in [0.3, 0.4) is 0 Å². The molecule has 2 aromatic carbocycles. The third-order valence-electron chi connectivity index (χ3n) is 3.46. The average Bonchev–Trinajstić information content (AvgIpc) is 2.55. The molecule has 0 aliphatic carbocycles. The second-order valence-electron chi connectivity index (χ2n) is 5.84. The number of nitrogens with one attached hydrogen (secondary N) is 1. The predicted octanol–water partition coefficient (Wildman–Crippen LogP) is 3.81. The van der Waals surface area contributed by atoms with Crippen molar-refractivity contribution in [2.24, 2.45) is 0 Å². The van der Waals surface area contributed by atoms with Gasteiger partial charge in [0.15, 0.2) is 0 Å². The standard InChI is InChI=1S/C18H20FNO5S/c1-13(2)16-5-3-4-6-17(16)24-12-11-18(21)20-14-7-9-15(10-8-14)25-26(19,22)23/h3-10,13H,11-12H2,1-2H3,(H,20,21). The van der Waals surface area contributed by atoms with Gasteiger partial charge in [-0.05, 0) is 41.8 Å². The number of benzene rings is 2. The van der Waals surface area contributed by atoms with E-state index in [9.17, 15) is 17.1 Å². The van der Waals surface area contributed by atoms with Crippen molar-refractivity contribution in [2.45, 2.75) is 26.2 Å². The molecule has 2 aromatic rings. The van der Waals surface area contributed by atoms with Gasteiger partial charge in [0, 0.05) is 5.69 Å². The maximum atomic E-state index is 12.4. The number of carbonyl (C=O) groups is 1. The summed E-state index contributed by atoms with van der Waals surface area (Å²) in [4.78, 5) is 12.0. The van der Waals surface area contributed by atoms with Crippen LogP contribution in [0.15, 0.2) is 48.5 Å². The van der Waals surface area contributed by atoms with E-state index in [4.69, 9.17) is 4.74 Å². The Hall–Kier alpha value is -2.61. The molecule has 0 spiro atoms. The number of hydrogen-bond acceptors (Lipinski definition) is 5. The van der Waals surface area contributed by atoms with Crippen LogP contribution in [0.2, 0.25) is 0 Å². The first kappa shape index (κ1) is 19.7. The molecule has 1 N–H and O–H groups in total. The lowest BCUT2D eigenvalue weighted by molar-refractivity contribution is -0.116. The van der Waals surface area contributed by atoms with Crippen LogP contribution in [0.1, 0.15) is 31.7 Å². The molecular formula is C18H20FNO5S. The molecule has 0 saturated carbocycles. The Bertz CT molecular complexity index is 850. The van der Waals surface area contributed by atoms with E-state index >= 15 is 0 Å². The SMILES string of the molecule is CC(C)c1ccccc1OCCC(=O)Nc1ccc(OS(=O)(=O)F)cc1. The highest BCUT2D eigenvalue weighted by molar-refractivity contribution is 7.81. The molecule has 0 radical (unpaired) electrons. The lowest BCUT2D eigenvalue weighted by Gasteiger charge is -2.13. The third-order valence-corrected chi connectivity index (χ3v) is 3.85. The first-order chi connectivity index (χ1) is 12.2. The number of halogens is 1. The smallest absolute Gasteiger partial charge is 0.488 e. The van der Waals surface area contributed by atoms with Gasteiger partial charge in [-0.2, -0.15) is 8.42 Å². The van der Waals surface area contributed by atoms with Crippen molar-refractivity contribution in [3.63, 3.8) is 0 Å². The lowest BCUT2D eigenvalue weighted by Crippen LogP contribution is -2.15. The number of carbonyl (C=O) groups excluding carboxylic acids is 1. The number of anilines is 1. The summed E-state index contributed by atoms with van der Waals surface area (Å²) in [7, 11) is -5.07. The fraction of sp³-hybridized carbons (Fsp3) is 0.278. The number of rotatable bonds is 8. The van der Waals surface area contributed by atoms with Crippen LogP contribution in [0, 0.1) is 0 Å². The molecule has 0 aliphatic heterocycles. The van der Waals surface area contributed by atoms with E-state index < -0.39 is 10.5 Å². The Kier molecular flexibility index (Phi) is 6.57. The lowest BCUT2D eigenvalue weighted by atomic mass is 10.0. The summed E-state index contributed by atoms with van der Waals surface area (Å²) >= 11 is 0. The maximum absolute atomic E-state index is 12.4. The summed E-state index contributed by atoms with van der Waals surface area (Å²) in [5.74, 6) is 0.621. The summed E-state index contributed by atoms with van der Waals surface area (Å²) in [6.45, 7) is 4.35.